The average Bonchev–Trinajstić information content (AvgIpc) is 2.88. The monoisotopic (exact) mass is 539 g/mol. The molecule has 1 N–H and O–H groups in total. The molecular formula is C29H34FN3O4S. The Morgan fingerprint density at radius 2 is 1.53 bits per heavy atom. The van der Waals surface area contributed by atoms with E-state index in [0.29, 0.717) is 5.69 Å². The van der Waals surface area contributed by atoms with Gasteiger partial charge < -0.3 is 10.2 Å². The van der Waals surface area contributed by atoms with Crippen LogP contribution in [0.2, 0.25) is 0 Å². The van der Waals surface area contributed by atoms with E-state index in [1.807, 2.05) is 13.8 Å². The van der Waals surface area contributed by atoms with Gasteiger partial charge >= 0.3 is 0 Å². The van der Waals surface area contributed by atoms with Crippen molar-refractivity contribution in [2.45, 2.75) is 58.1 Å². The molecule has 3 rings (SSSR count). The third-order valence-corrected chi connectivity index (χ3v) is 8.07. The molecule has 7 nitrogen and oxygen atoms in total. The summed E-state index contributed by atoms with van der Waals surface area (Å²) in [6.07, 6.45) is 0. The zero-order chi connectivity index (χ0) is 28.0. The zero-order valence-corrected chi connectivity index (χ0v) is 23.1. The number of halogens is 1. The van der Waals surface area contributed by atoms with Gasteiger partial charge in [-0.25, -0.2) is 12.8 Å². The second-order valence-electron chi connectivity index (χ2n) is 9.55. The van der Waals surface area contributed by atoms with Gasteiger partial charge in [-0.1, -0.05) is 42.5 Å². The molecule has 38 heavy (non-hydrogen) atoms. The van der Waals surface area contributed by atoms with E-state index in [2.05, 4.69) is 5.32 Å². The molecule has 0 bridgehead atoms. The number of nitrogens with one attached hydrogen (secondary N) is 1. The van der Waals surface area contributed by atoms with Crippen molar-refractivity contribution >= 4 is 27.5 Å². The Bertz CT molecular complexity index is 1390. The third kappa shape index (κ3) is 6.77. The smallest absolute Gasteiger partial charge is 0.264 e. The summed E-state index contributed by atoms with van der Waals surface area (Å²) in [6, 6.07) is 17.8. The molecule has 0 saturated carbocycles. The van der Waals surface area contributed by atoms with Crippen LogP contribution in [0.3, 0.4) is 0 Å². The molecule has 0 saturated heterocycles. The van der Waals surface area contributed by atoms with Gasteiger partial charge in [0, 0.05) is 18.2 Å². The number of nitrogens with zero attached hydrogens (tertiary/aromatic N) is 2. The fourth-order valence-electron chi connectivity index (χ4n) is 3.93. The van der Waals surface area contributed by atoms with E-state index in [-0.39, 0.29) is 23.0 Å². The molecule has 0 heterocycles. The minimum atomic E-state index is -4.15. The van der Waals surface area contributed by atoms with Crippen LogP contribution >= 0.6 is 0 Å². The molecule has 9 heteroatoms. The Balaban J connectivity index is 2.06. The maximum Gasteiger partial charge on any atom is 0.264 e. The predicted octanol–water partition coefficient (Wildman–Crippen LogP) is 4.58. The number of carbonyl (C=O) groups is 2. The lowest BCUT2D eigenvalue weighted by atomic mass is 10.1. The number of benzene rings is 3. The van der Waals surface area contributed by atoms with Gasteiger partial charge in [0.05, 0.1) is 10.6 Å². The molecular weight excluding hydrogens is 505 g/mol. The third-order valence-electron chi connectivity index (χ3n) is 6.29. The van der Waals surface area contributed by atoms with Crippen LogP contribution in [0.5, 0.6) is 0 Å². The molecule has 0 spiro atoms. The van der Waals surface area contributed by atoms with Crippen LogP contribution in [0.4, 0.5) is 10.1 Å². The number of amides is 2. The Hall–Kier alpha value is -3.72. The number of aryl methyl sites for hydroxylation is 2. The first-order valence-corrected chi connectivity index (χ1v) is 13.8. The summed E-state index contributed by atoms with van der Waals surface area (Å²) in [7, 11) is -4.15. The second-order valence-corrected chi connectivity index (χ2v) is 11.4. The van der Waals surface area contributed by atoms with E-state index < -0.39 is 40.2 Å². The molecule has 0 aliphatic rings. The van der Waals surface area contributed by atoms with Crippen LogP contribution < -0.4 is 9.62 Å². The number of hydrogen-bond acceptors (Lipinski definition) is 4. The van der Waals surface area contributed by atoms with Gasteiger partial charge in [-0.15, -0.1) is 0 Å². The van der Waals surface area contributed by atoms with Gasteiger partial charge in [-0.3, -0.25) is 13.9 Å². The van der Waals surface area contributed by atoms with Crippen LogP contribution in [0, 0.1) is 19.7 Å². The van der Waals surface area contributed by atoms with Crippen LogP contribution in [0.1, 0.15) is 37.5 Å². The molecule has 3 aromatic carbocycles. The average molecular weight is 540 g/mol. The molecule has 202 valence electrons. The summed E-state index contributed by atoms with van der Waals surface area (Å²) in [5, 5.41) is 2.77. The molecule has 0 aliphatic carbocycles. The molecule has 0 unspecified atom stereocenters. The minimum Gasteiger partial charge on any atom is -0.352 e. The van der Waals surface area contributed by atoms with Crippen molar-refractivity contribution in [3.05, 3.63) is 95.3 Å². The van der Waals surface area contributed by atoms with Gasteiger partial charge in [0.15, 0.2) is 0 Å². The van der Waals surface area contributed by atoms with E-state index >= 15 is 0 Å². The summed E-state index contributed by atoms with van der Waals surface area (Å²) in [6.45, 7) is 8.12. The maximum atomic E-state index is 14.6. The summed E-state index contributed by atoms with van der Waals surface area (Å²) in [4.78, 5) is 28.0. The van der Waals surface area contributed by atoms with Crippen LogP contribution in [0.25, 0.3) is 0 Å². The van der Waals surface area contributed by atoms with Crippen molar-refractivity contribution in [1.82, 2.24) is 10.2 Å². The highest BCUT2D eigenvalue weighted by Gasteiger charge is 2.33. The van der Waals surface area contributed by atoms with Gasteiger partial charge in [-0.05, 0) is 76.1 Å². The Kier molecular flexibility index (Phi) is 9.27. The van der Waals surface area contributed by atoms with Crippen molar-refractivity contribution in [2.24, 2.45) is 0 Å². The first kappa shape index (κ1) is 28.8. The molecule has 0 radical (unpaired) electrons. The van der Waals surface area contributed by atoms with E-state index in [1.54, 1.807) is 63.2 Å². The van der Waals surface area contributed by atoms with E-state index in [0.717, 1.165) is 15.4 Å². The first-order valence-electron chi connectivity index (χ1n) is 12.4. The first-order chi connectivity index (χ1) is 17.9. The molecule has 2 amide bonds. The highest BCUT2D eigenvalue weighted by molar-refractivity contribution is 7.92. The highest BCUT2D eigenvalue weighted by atomic mass is 32.2. The summed E-state index contributed by atoms with van der Waals surface area (Å²) < 4.78 is 43.1. The highest BCUT2D eigenvalue weighted by Crippen LogP contribution is 2.26. The number of sulfonamides is 1. The van der Waals surface area contributed by atoms with Crippen molar-refractivity contribution in [2.75, 3.05) is 10.8 Å². The lowest BCUT2D eigenvalue weighted by molar-refractivity contribution is -0.139. The fraction of sp³-hybridized carbons (Fsp3) is 0.310. The predicted molar refractivity (Wildman–Crippen MR) is 147 cm³/mol. The van der Waals surface area contributed by atoms with E-state index in [1.165, 1.54) is 35.2 Å². The number of rotatable bonds is 10. The topological polar surface area (TPSA) is 86.8 Å². The van der Waals surface area contributed by atoms with E-state index in [4.69, 9.17) is 0 Å². The summed E-state index contributed by atoms with van der Waals surface area (Å²) in [5.74, 6) is -1.59. The van der Waals surface area contributed by atoms with Gasteiger partial charge in [-0.2, -0.15) is 0 Å². The number of hydrogen-bond donors (Lipinski definition) is 1. The van der Waals surface area contributed by atoms with Gasteiger partial charge in [0.25, 0.3) is 10.0 Å². The van der Waals surface area contributed by atoms with E-state index in [9.17, 15) is 22.4 Å². The molecule has 0 aromatic heterocycles. The summed E-state index contributed by atoms with van der Waals surface area (Å²) >= 11 is 0. The van der Waals surface area contributed by atoms with Crippen LogP contribution in [0.15, 0.2) is 77.7 Å². The van der Waals surface area contributed by atoms with Crippen molar-refractivity contribution < 1.29 is 22.4 Å². The quantitative estimate of drug-likeness (QED) is 0.409. The minimum absolute atomic E-state index is 0.0253. The second kappa shape index (κ2) is 12.2. The Labute approximate surface area is 224 Å². The lowest BCUT2D eigenvalue weighted by Crippen LogP contribution is -2.52. The largest absolute Gasteiger partial charge is 0.352 e. The zero-order valence-electron chi connectivity index (χ0n) is 22.3. The number of carbonyl (C=O) groups excluding carboxylic acids is 2. The Morgan fingerprint density at radius 1 is 0.895 bits per heavy atom. The van der Waals surface area contributed by atoms with Crippen LogP contribution in [-0.2, 0) is 26.2 Å². The maximum absolute atomic E-state index is 14.6. The van der Waals surface area contributed by atoms with Crippen molar-refractivity contribution in [3.63, 3.8) is 0 Å². The standard InChI is InChI=1S/C29H34FN3O4S/c1-20(2)31-29(35)23(5)32(18-24-11-9-10-14-27(24)30)28(34)19-33(25-16-15-21(3)22(4)17-25)38(36,37)26-12-7-6-8-13-26/h6-17,20,23H,18-19H2,1-5H3,(H,31,35)/t23-/m1/s1. The van der Waals surface area contributed by atoms with Gasteiger partial charge in [0.1, 0.15) is 18.4 Å². The van der Waals surface area contributed by atoms with Crippen LogP contribution in [-0.4, -0.2) is 43.8 Å². The fourth-order valence-corrected chi connectivity index (χ4v) is 5.35. The molecule has 3 aromatic rings. The number of anilines is 1. The lowest BCUT2D eigenvalue weighted by Gasteiger charge is -2.32. The molecule has 0 fully saturated rings. The Morgan fingerprint density at radius 3 is 2.13 bits per heavy atom. The SMILES string of the molecule is Cc1ccc(N(CC(=O)N(Cc2ccccc2F)[C@H](C)C(=O)NC(C)C)S(=O)(=O)c2ccccc2)cc1C. The van der Waals surface area contributed by atoms with Crippen molar-refractivity contribution in [3.8, 4) is 0 Å². The summed E-state index contributed by atoms with van der Waals surface area (Å²) in [5.41, 5.74) is 2.36. The molecule has 0 aliphatic heterocycles. The van der Waals surface area contributed by atoms with Gasteiger partial charge in [0.2, 0.25) is 11.8 Å². The molecule has 1 atom stereocenters. The normalized spacial score (nSPS) is 12.2. The van der Waals surface area contributed by atoms with Crippen molar-refractivity contribution in [1.29, 1.82) is 0 Å².